The fraction of sp³-hybridized carbons (Fsp3) is 0.467. The lowest BCUT2D eigenvalue weighted by atomic mass is 10.1. The highest BCUT2D eigenvalue weighted by molar-refractivity contribution is 5.93. The smallest absolute Gasteiger partial charge is 0.333 e. The number of amides is 3. The van der Waals surface area contributed by atoms with E-state index in [1.165, 1.54) is 24.9 Å². The molecule has 242 valence electrons. The van der Waals surface area contributed by atoms with Gasteiger partial charge in [0, 0.05) is 58.8 Å². The van der Waals surface area contributed by atoms with Crippen LogP contribution >= 0.6 is 0 Å². The lowest BCUT2D eigenvalue weighted by molar-refractivity contribution is -0.195. The molecule has 1 saturated heterocycles. The Labute approximate surface area is 256 Å². The third kappa shape index (κ3) is 14.6. The van der Waals surface area contributed by atoms with Crippen LogP contribution in [0.25, 0.3) is 6.08 Å². The Morgan fingerprint density at radius 1 is 1.11 bits per heavy atom. The monoisotopic (exact) mass is 619 g/mol. The molecule has 3 unspecified atom stereocenters. The number of aliphatic hydroxyl groups is 1. The molecule has 0 bridgehead atoms. The second-order valence-electron chi connectivity index (χ2n) is 9.25. The van der Waals surface area contributed by atoms with Crippen LogP contribution in [0.3, 0.4) is 0 Å². The lowest BCUT2D eigenvalue weighted by Crippen LogP contribution is -2.42. The first-order valence-corrected chi connectivity index (χ1v) is 14.1. The normalized spacial score (nSPS) is 17.6. The van der Waals surface area contributed by atoms with E-state index in [0.29, 0.717) is 11.8 Å². The first-order valence-electron chi connectivity index (χ1n) is 14.1. The molecule has 14 nitrogen and oxygen atoms in total. The van der Waals surface area contributed by atoms with Crippen molar-refractivity contribution in [3.05, 3.63) is 42.0 Å². The SMILES string of the molecule is CC.CC(=O)OC/C=C/c1ccc(OC2CC(O)CC(C(=O)O)O2)c(NC(=O)CCNC(=O)CCN(C)C(=O)/C=C\C=O)c1. The van der Waals surface area contributed by atoms with Crippen LogP contribution in [-0.4, -0.2) is 96.3 Å². The molecule has 1 fully saturated rings. The topological polar surface area (TPSA) is 198 Å². The highest BCUT2D eigenvalue weighted by Gasteiger charge is 2.34. The van der Waals surface area contributed by atoms with E-state index >= 15 is 0 Å². The summed E-state index contributed by atoms with van der Waals surface area (Å²) in [5.41, 5.74) is 0.841. The number of aldehydes is 1. The van der Waals surface area contributed by atoms with Crippen LogP contribution in [0, 0.1) is 0 Å². The summed E-state index contributed by atoms with van der Waals surface area (Å²) in [6, 6.07) is 4.76. The van der Waals surface area contributed by atoms with Crippen molar-refractivity contribution in [1.82, 2.24) is 10.2 Å². The molecule has 44 heavy (non-hydrogen) atoms. The van der Waals surface area contributed by atoms with Gasteiger partial charge in [0.15, 0.2) is 6.10 Å². The quantitative estimate of drug-likeness (QED) is 0.127. The highest BCUT2D eigenvalue weighted by atomic mass is 16.7. The number of aliphatic carboxylic acids is 1. The number of carbonyl (C=O) groups is 6. The minimum Gasteiger partial charge on any atom is -0.479 e. The molecule has 14 heteroatoms. The number of carboxylic acids is 1. The summed E-state index contributed by atoms with van der Waals surface area (Å²) in [6.07, 6.45) is 2.39. The van der Waals surface area contributed by atoms with Gasteiger partial charge in [-0.3, -0.25) is 24.0 Å². The summed E-state index contributed by atoms with van der Waals surface area (Å²) in [6.45, 7) is 5.44. The van der Waals surface area contributed by atoms with Crippen LogP contribution in [0.5, 0.6) is 5.75 Å². The molecule has 4 N–H and O–H groups in total. The first kappa shape index (κ1) is 37.5. The van der Waals surface area contributed by atoms with Crippen molar-refractivity contribution in [3.8, 4) is 5.75 Å². The minimum atomic E-state index is -1.25. The van der Waals surface area contributed by atoms with Crippen LogP contribution in [0.4, 0.5) is 5.69 Å². The Kier molecular flexibility index (Phi) is 17.3. The lowest BCUT2D eigenvalue weighted by Gasteiger charge is -2.31. The van der Waals surface area contributed by atoms with Crippen molar-refractivity contribution in [3.63, 3.8) is 0 Å². The maximum absolute atomic E-state index is 12.7. The van der Waals surface area contributed by atoms with Crippen molar-refractivity contribution in [2.75, 3.05) is 32.1 Å². The van der Waals surface area contributed by atoms with E-state index in [4.69, 9.17) is 14.2 Å². The summed E-state index contributed by atoms with van der Waals surface area (Å²) in [7, 11) is 1.48. The van der Waals surface area contributed by atoms with Gasteiger partial charge in [0.25, 0.3) is 0 Å². The molecule has 1 aliphatic rings. The van der Waals surface area contributed by atoms with E-state index in [1.807, 2.05) is 13.8 Å². The van der Waals surface area contributed by atoms with E-state index in [0.717, 1.165) is 12.2 Å². The maximum atomic E-state index is 12.7. The van der Waals surface area contributed by atoms with Crippen molar-refractivity contribution in [2.45, 2.75) is 65.0 Å². The summed E-state index contributed by atoms with van der Waals surface area (Å²) in [5.74, 6) is -2.80. The van der Waals surface area contributed by atoms with E-state index < -0.39 is 42.3 Å². The zero-order chi connectivity index (χ0) is 33.1. The molecule has 1 aromatic carbocycles. The van der Waals surface area contributed by atoms with Crippen molar-refractivity contribution in [2.24, 2.45) is 0 Å². The van der Waals surface area contributed by atoms with Gasteiger partial charge < -0.3 is 40.0 Å². The van der Waals surface area contributed by atoms with E-state index in [1.54, 1.807) is 24.3 Å². The number of ether oxygens (including phenoxy) is 3. The third-order valence-electron chi connectivity index (χ3n) is 5.81. The Bertz CT molecular complexity index is 1200. The number of anilines is 1. The van der Waals surface area contributed by atoms with Crippen molar-refractivity contribution >= 4 is 47.7 Å². The Morgan fingerprint density at radius 2 is 1.84 bits per heavy atom. The average molecular weight is 620 g/mol. The number of aliphatic hydroxyl groups excluding tert-OH is 1. The number of hydrogen-bond acceptors (Lipinski definition) is 10. The number of likely N-dealkylation sites (N-methyl/N-ethyl adjacent to an activating group) is 1. The number of nitrogens with one attached hydrogen (secondary N) is 2. The molecule has 2 rings (SSSR count). The van der Waals surface area contributed by atoms with Crippen LogP contribution in [0.1, 0.15) is 52.0 Å². The van der Waals surface area contributed by atoms with Gasteiger partial charge in [-0.25, -0.2) is 4.79 Å². The Hall–Kier alpha value is -4.56. The average Bonchev–Trinajstić information content (AvgIpc) is 2.98. The molecule has 3 atom stereocenters. The predicted molar refractivity (Wildman–Crippen MR) is 159 cm³/mol. The number of nitrogens with zero attached hydrogens (tertiary/aromatic N) is 1. The number of carbonyl (C=O) groups excluding carboxylic acids is 5. The standard InChI is InChI=1S/C28H35N3O11.C2H6/c1-18(33)40-14-4-5-19-7-8-22(41-27-17-20(34)16-23(42-27)28(38)39)21(15-19)30-25(36)9-11-29-24(35)10-12-31(2)26(37)6-3-13-32;1-2/h3-8,13,15,20,23,27,34H,9-12,14,16-17H2,1-2H3,(H,29,35)(H,30,36)(H,38,39);1-2H3/b5-4+,6-3-;. The fourth-order valence-corrected chi connectivity index (χ4v) is 3.68. The molecule has 1 aliphatic heterocycles. The summed E-state index contributed by atoms with van der Waals surface area (Å²) in [5, 5.41) is 24.6. The Morgan fingerprint density at radius 3 is 2.50 bits per heavy atom. The zero-order valence-electron chi connectivity index (χ0n) is 25.3. The first-order chi connectivity index (χ1) is 21.0. The fourth-order valence-electron chi connectivity index (χ4n) is 3.68. The highest BCUT2D eigenvalue weighted by Crippen LogP contribution is 2.31. The molecule has 0 aromatic heterocycles. The van der Waals surface area contributed by atoms with E-state index in [9.17, 15) is 39.0 Å². The molecule has 3 amide bonds. The van der Waals surface area contributed by atoms with Gasteiger partial charge >= 0.3 is 11.9 Å². The molecular weight excluding hydrogens is 578 g/mol. The number of hydrogen-bond donors (Lipinski definition) is 4. The largest absolute Gasteiger partial charge is 0.479 e. The van der Waals surface area contributed by atoms with Gasteiger partial charge in [-0.1, -0.05) is 26.0 Å². The molecule has 1 heterocycles. The number of carboxylic acid groups (broad SMARTS) is 1. The zero-order valence-corrected chi connectivity index (χ0v) is 25.3. The van der Waals surface area contributed by atoms with Gasteiger partial charge in [0.2, 0.25) is 24.0 Å². The Balaban J connectivity index is 0.00000474. The predicted octanol–water partition coefficient (Wildman–Crippen LogP) is 1.67. The van der Waals surface area contributed by atoms with Gasteiger partial charge in [-0.2, -0.15) is 0 Å². The second-order valence-corrected chi connectivity index (χ2v) is 9.25. The molecule has 0 radical (unpaired) electrons. The van der Waals surface area contributed by atoms with E-state index in [2.05, 4.69) is 10.6 Å². The van der Waals surface area contributed by atoms with Crippen LogP contribution in [0.15, 0.2) is 36.4 Å². The van der Waals surface area contributed by atoms with Gasteiger partial charge in [0.1, 0.15) is 18.6 Å². The maximum Gasteiger partial charge on any atom is 0.333 e. The molecule has 1 aromatic rings. The van der Waals surface area contributed by atoms with Gasteiger partial charge in [-0.15, -0.1) is 0 Å². The van der Waals surface area contributed by atoms with Crippen LogP contribution in [-0.2, 0) is 38.2 Å². The second kappa shape index (κ2) is 20.4. The number of esters is 1. The van der Waals surface area contributed by atoms with E-state index in [-0.39, 0.29) is 62.7 Å². The molecule has 0 saturated carbocycles. The van der Waals surface area contributed by atoms with Crippen molar-refractivity contribution < 1.29 is 53.2 Å². The summed E-state index contributed by atoms with van der Waals surface area (Å²) >= 11 is 0. The van der Waals surface area contributed by atoms with Gasteiger partial charge in [-0.05, 0) is 29.8 Å². The molecular formula is C30H41N3O11. The van der Waals surface area contributed by atoms with Crippen LogP contribution in [0.2, 0.25) is 0 Å². The minimum absolute atomic E-state index is 0.00373. The summed E-state index contributed by atoms with van der Waals surface area (Å²) in [4.78, 5) is 70.5. The molecule has 0 spiro atoms. The number of benzene rings is 1. The van der Waals surface area contributed by atoms with Crippen LogP contribution < -0.4 is 15.4 Å². The molecule has 0 aliphatic carbocycles. The van der Waals surface area contributed by atoms with Crippen molar-refractivity contribution in [1.29, 1.82) is 0 Å². The van der Waals surface area contributed by atoms with Gasteiger partial charge in [0.05, 0.1) is 11.8 Å². The number of allylic oxidation sites excluding steroid dienone is 1. The number of rotatable bonds is 15. The summed E-state index contributed by atoms with van der Waals surface area (Å²) < 4.78 is 16.1. The third-order valence-corrected chi connectivity index (χ3v) is 5.81.